The SMILES string of the molecule is CCS(=O)(=O)N1CCC(c2c[nH]c3c(C(N)=O)cc(-c4csc(CN5CCCC5C(C)C)c4)cc23)CC1. The van der Waals surface area contributed by atoms with Crippen molar-refractivity contribution in [3.05, 3.63) is 45.8 Å². The van der Waals surface area contributed by atoms with Crippen LogP contribution in [0, 0.1) is 5.92 Å². The first kappa shape index (κ1) is 26.4. The summed E-state index contributed by atoms with van der Waals surface area (Å²) in [7, 11) is -3.17. The van der Waals surface area contributed by atoms with Gasteiger partial charge in [0.05, 0.1) is 16.8 Å². The van der Waals surface area contributed by atoms with Gasteiger partial charge in [-0.2, -0.15) is 0 Å². The molecule has 2 aromatic heterocycles. The Morgan fingerprint density at radius 1 is 1.14 bits per heavy atom. The van der Waals surface area contributed by atoms with Gasteiger partial charge in [-0.25, -0.2) is 12.7 Å². The van der Waals surface area contributed by atoms with Crippen molar-refractivity contribution < 1.29 is 13.2 Å². The third-order valence-electron chi connectivity index (χ3n) is 8.27. The maximum absolute atomic E-state index is 12.4. The molecule has 0 aliphatic carbocycles. The number of amides is 1. The molecule has 0 spiro atoms. The van der Waals surface area contributed by atoms with E-state index in [0.717, 1.165) is 53.5 Å². The molecule has 2 fully saturated rings. The second kappa shape index (κ2) is 10.5. The molecule has 2 aliphatic heterocycles. The molecule has 200 valence electrons. The average Bonchev–Trinajstić information content (AvgIpc) is 3.63. The summed E-state index contributed by atoms with van der Waals surface area (Å²) in [5.41, 5.74) is 10.3. The van der Waals surface area contributed by atoms with Crippen LogP contribution < -0.4 is 5.73 Å². The van der Waals surface area contributed by atoms with Crippen molar-refractivity contribution in [2.75, 3.05) is 25.4 Å². The van der Waals surface area contributed by atoms with Gasteiger partial charge in [0.15, 0.2) is 0 Å². The number of hydrogen-bond acceptors (Lipinski definition) is 5. The van der Waals surface area contributed by atoms with Crippen LogP contribution >= 0.6 is 11.3 Å². The lowest BCUT2D eigenvalue weighted by Crippen LogP contribution is -2.38. The zero-order chi connectivity index (χ0) is 26.3. The van der Waals surface area contributed by atoms with Gasteiger partial charge in [-0.3, -0.25) is 9.69 Å². The van der Waals surface area contributed by atoms with Crippen LogP contribution in [-0.2, 0) is 16.6 Å². The number of sulfonamides is 1. The standard InChI is InChI=1S/C28H38N4O3S2/c1-4-37(34,35)32-10-7-19(8-11-32)25-15-30-27-23(25)13-20(14-24(27)28(29)33)21-12-22(36-17-21)16-31-9-5-6-26(31)18(2)3/h12-15,17-19,26,30H,4-11,16H2,1-3H3,(H2,29,33). The van der Waals surface area contributed by atoms with E-state index in [9.17, 15) is 13.2 Å². The van der Waals surface area contributed by atoms with Crippen LogP contribution in [0.5, 0.6) is 0 Å². The summed E-state index contributed by atoms with van der Waals surface area (Å²) in [6, 6.07) is 6.97. The summed E-state index contributed by atoms with van der Waals surface area (Å²) < 4.78 is 26.2. The van der Waals surface area contributed by atoms with E-state index in [1.54, 1.807) is 22.6 Å². The summed E-state index contributed by atoms with van der Waals surface area (Å²) in [5.74, 6) is 0.572. The lowest BCUT2D eigenvalue weighted by atomic mass is 9.88. The van der Waals surface area contributed by atoms with E-state index in [1.807, 2.05) is 12.3 Å². The highest BCUT2D eigenvalue weighted by Gasteiger charge is 2.30. The van der Waals surface area contributed by atoms with E-state index in [2.05, 4.69) is 41.2 Å². The van der Waals surface area contributed by atoms with Crippen molar-refractivity contribution in [3.63, 3.8) is 0 Å². The molecule has 7 nitrogen and oxygen atoms in total. The van der Waals surface area contributed by atoms with Crippen molar-refractivity contribution in [1.82, 2.24) is 14.2 Å². The lowest BCUT2D eigenvalue weighted by molar-refractivity contribution is 0.100. The normalized spacial score (nSPS) is 20.4. The Labute approximate surface area is 224 Å². The number of H-pyrrole nitrogens is 1. The van der Waals surface area contributed by atoms with E-state index in [0.29, 0.717) is 30.6 Å². The van der Waals surface area contributed by atoms with Gasteiger partial charge in [0.2, 0.25) is 10.0 Å². The zero-order valence-electron chi connectivity index (χ0n) is 22.0. The fraction of sp³-hybridized carbons (Fsp3) is 0.536. The van der Waals surface area contributed by atoms with Crippen LogP contribution in [0.1, 0.15) is 73.2 Å². The van der Waals surface area contributed by atoms with Gasteiger partial charge in [0.25, 0.3) is 5.91 Å². The monoisotopic (exact) mass is 542 g/mol. The number of rotatable bonds is 8. The van der Waals surface area contributed by atoms with Crippen LogP contribution in [-0.4, -0.2) is 59.9 Å². The Hall–Kier alpha value is -2.20. The molecule has 3 aromatic rings. The minimum Gasteiger partial charge on any atom is -0.366 e. The number of aromatic amines is 1. The van der Waals surface area contributed by atoms with Crippen molar-refractivity contribution in [2.24, 2.45) is 11.7 Å². The molecular weight excluding hydrogens is 504 g/mol. The number of thiophene rings is 1. The summed E-state index contributed by atoms with van der Waals surface area (Å²) in [6.45, 7) is 9.48. The Bertz CT molecular complexity index is 1380. The minimum atomic E-state index is -3.17. The zero-order valence-corrected chi connectivity index (χ0v) is 23.6. The molecule has 5 rings (SSSR count). The summed E-state index contributed by atoms with van der Waals surface area (Å²) in [5, 5.41) is 3.19. The molecule has 2 aliphatic rings. The predicted octanol–water partition coefficient (Wildman–Crippen LogP) is 5.14. The number of nitrogens with one attached hydrogen (secondary N) is 1. The lowest BCUT2D eigenvalue weighted by Gasteiger charge is -2.31. The number of carbonyl (C=O) groups excluding carboxylic acids is 1. The summed E-state index contributed by atoms with van der Waals surface area (Å²) in [4.78, 5) is 19.7. The van der Waals surface area contributed by atoms with Crippen LogP contribution in [0.2, 0.25) is 0 Å². The average molecular weight is 543 g/mol. The molecule has 2 saturated heterocycles. The molecular formula is C28H38N4O3S2. The Morgan fingerprint density at radius 2 is 1.89 bits per heavy atom. The minimum absolute atomic E-state index is 0.134. The fourth-order valence-electron chi connectivity index (χ4n) is 6.20. The largest absolute Gasteiger partial charge is 0.366 e. The number of hydrogen-bond donors (Lipinski definition) is 2. The second-order valence-electron chi connectivity index (χ2n) is 10.9. The summed E-state index contributed by atoms with van der Waals surface area (Å²) in [6.07, 6.45) is 6.04. The maximum atomic E-state index is 12.4. The van der Waals surface area contributed by atoms with E-state index in [-0.39, 0.29) is 11.7 Å². The number of aromatic nitrogens is 1. The number of benzene rings is 1. The number of likely N-dealkylation sites (tertiary alicyclic amines) is 1. The highest BCUT2D eigenvalue weighted by atomic mass is 32.2. The number of piperidine rings is 1. The molecule has 1 amide bonds. The molecule has 1 aromatic carbocycles. The van der Waals surface area contributed by atoms with E-state index in [4.69, 9.17) is 5.73 Å². The molecule has 1 unspecified atom stereocenters. The molecule has 0 radical (unpaired) electrons. The first-order valence-electron chi connectivity index (χ1n) is 13.4. The predicted molar refractivity (Wildman–Crippen MR) is 151 cm³/mol. The van der Waals surface area contributed by atoms with Crippen LogP contribution in [0.15, 0.2) is 29.8 Å². The Balaban J connectivity index is 1.43. The van der Waals surface area contributed by atoms with Crippen LogP contribution in [0.3, 0.4) is 0 Å². The highest BCUT2D eigenvalue weighted by Crippen LogP contribution is 2.38. The van der Waals surface area contributed by atoms with E-state index in [1.165, 1.54) is 17.7 Å². The highest BCUT2D eigenvalue weighted by molar-refractivity contribution is 7.89. The third-order valence-corrected chi connectivity index (χ3v) is 11.1. The smallest absolute Gasteiger partial charge is 0.250 e. The van der Waals surface area contributed by atoms with Crippen molar-refractivity contribution in [2.45, 2.75) is 65.0 Å². The Kier molecular flexibility index (Phi) is 7.51. The number of carbonyl (C=O) groups is 1. The van der Waals surface area contributed by atoms with Gasteiger partial charge in [-0.15, -0.1) is 11.3 Å². The second-order valence-corrected chi connectivity index (χ2v) is 14.1. The quantitative estimate of drug-likeness (QED) is 0.411. The number of fused-ring (bicyclic) bond motifs is 1. The van der Waals surface area contributed by atoms with Gasteiger partial charge in [0.1, 0.15) is 0 Å². The summed E-state index contributed by atoms with van der Waals surface area (Å²) >= 11 is 1.78. The topological polar surface area (TPSA) is 99.5 Å². The maximum Gasteiger partial charge on any atom is 0.250 e. The number of nitrogens with two attached hydrogens (primary N) is 1. The molecule has 4 heterocycles. The van der Waals surface area contributed by atoms with E-state index >= 15 is 0 Å². The first-order valence-corrected chi connectivity index (χ1v) is 15.9. The van der Waals surface area contributed by atoms with Crippen molar-refractivity contribution in [3.8, 4) is 11.1 Å². The van der Waals surface area contributed by atoms with Crippen molar-refractivity contribution >= 4 is 38.2 Å². The Morgan fingerprint density at radius 3 is 2.57 bits per heavy atom. The molecule has 0 saturated carbocycles. The molecule has 0 bridgehead atoms. The van der Waals surface area contributed by atoms with Gasteiger partial charge in [-0.1, -0.05) is 13.8 Å². The number of primary amides is 1. The molecule has 9 heteroatoms. The first-order chi connectivity index (χ1) is 17.7. The van der Waals surface area contributed by atoms with Crippen molar-refractivity contribution in [1.29, 1.82) is 0 Å². The number of nitrogens with zero attached hydrogens (tertiary/aromatic N) is 2. The van der Waals surface area contributed by atoms with Gasteiger partial charge < -0.3 is 10.7 Å². The van der Waals surface area contributed by atoms with Gasteiger partial charge in [-0.05, 0) is 91.3 Å². The molecule has 3 N–H and O–H groups in total. The molecule has 1 atom stereocenters. The van der Waals surface area contributed by atoms with Crippen LogP contribution in [0.25, 0.3) is 22.0 Å². The van der Waals surface area contributed by atoms with E-state index < -0.39 is 15.9 Å². The fourth-order valence-corrected chi connectivity index (χ4v) is 8.25. The third kappa shape index (κ3) is 5.24. The van der Waals surface area contributed by atoms with Gasteiger partial charge in [0, 0.05) is 42.1 Å². The van der Waals surface area contributed by atoms with Gasteiger partial charge >= 0.3 is 0 Å². The molecule has 37 heavy (non-hydrogen) atoms. The van der Waals surface area contributed by atoms with Crippen LogP contribution in [0.4, 0.5) is 0 Å².